The maximum Gasteiger partial charge on any atom is 0.254 e. The Morgan fingerprint density at radius 2 is 1.71 bits per heavy atom. The average molecular weight is 618 g/mol. The molecule has 0 saturated carbocycles. The fourth-order valence-electron chi connectivity index (χ4n) is 4.41. The van der Waals surface area contributed by atoms with Crippen LogP contribution in [0.15, 0.2) is 59.9 Å². The minimum atomic E-state index is -2.35. The molecule has 0 aliphatic rings. The Balaban J connectivity index is 1.77. The predicted molar refractivity (Wildman–Crippen MR) is 161 cm³/mol. The van der Waals surface area contributed by atoms with Crippen LogP contribution in [0.1, 0.15) is 49.2 Å². The van der Waals surface area contributed by atoms with Gasteiger partial charge in [-0.15, -0.1) is 0 Å². The SMILES string of the molecule is COc1cc(Cc2cc(Cl)cn(C(CO[Si](C)(C)C(C)(C)C)c3cc(F)c(F)c(F)c3)c2=O)ccc1-n1cnc(C)c1. The van der Waals surface area contributed by atoms with Crippen molar-refractivity contribution in [3.8, 4) is 11.4 Å². The van der Waals surface area contributed by atoms with Crippen molar-refractivity contribution < 1.29 is 22.3 Å². The van der Waals surface area contributed by atoms with Gasteiger partial charge >= 0.3 is 0 Å². The van der Waals surface area contributed by atoms with E-state index in [-0.39, 0.29) is 28.7 Å². The molecule has 11 heteroatoms. The molecule has 0 aliphatic heterocycles. The van der Waals surface area contributed by atoms with Crippen molar-refractivity contribution >= 4 is 19.9 Å². The molecular weight excluding hydrogens is 583 g/mol. The zero-order valence-corrected chi connectivity index (χ0v) is 26.5. The van der Waals surface area contributed by atoms with Gasteiger partial charge in [0, 0.05) is 24.4 Å². The highest BCUT2D eigenvalue weighted by Gasteiger charge is 2.38. The van der Waals surface area contributed by atoms with E-state index in [1.807, 2.05) is 49.0 Å². The highest BCUT2D eigenvalue weighted by molar-refractivity contribution is 6.74. The van der Waals surface area contributed by atoms with Gasteiger partial charge in [-0.05, 0) is 66.5 Å². The van der Waals surface area contributed by atoms with E-state index in [4.69, 9.17) is 20.8 Å². The lowest BCUT2D eigenvalue weighted by atomic mass is 10.0. The Morgan fingerprint density at radius 3 is 2.29 bits per heavy atom. The van der Waals surface area contributed by atoms with Crippen molar-refractivity contribution in [2.45, 2.75) is 58.3 Å². The summed E-state index contributed by atoms with van der Waals surface area (Å²) in [6.45, 7) is 12.1. The molecule has 4 rings (SSSR count). The third kappa shape index (κ3) is 6.66. The lowest BCUT2D eigenvalue weighted by Gasteiger charge is -2.37. The van der Waals surface area contributed by atoms with Crippen LogP contribution in [0.5, 0.6) is 5.75 Å². The number of methoxy groups -OCH3 is 1. The molecule has 0 radical (unpaired) electrons. The van der Waals surface area contributed by atoms with Gasteiger partial charge in [0.2, 0.25) is 0 Å². The van der Waals surface area contributed by atoms with E-state index in [2.05, 4.69) is 25.8 Å². The summed E-state index contributed by atoms with van der Waals surface area (Å²) in [6, 6.07) is 7.98. The van der Waals surface area contributed by atoms with Crippen molar-refractivity contribution in [1.29, 1.82) is 0 Å². The number of ether oxygens (including phenoxy) is 1. The Kier molecular flexibility index (Phi) is 9.10. The van der Waals surface area contributed by atoms with Crippen LogP contribution in [0.3, 0.4) is 0 Å². The minimum Gasteiger partial charge on any atom is -0.495 e. The zero-order valence-electron chi connectivity index (χ0n) is 24.8. The van der Waals surface area contributed by atoms with Gasteiger partial charge in [-0.3, -0.25) is 4.79 Å². The summed E-state index contributed by atoms with van der Waals surface area (Å²) in [7, 11) is -0.788. The molecule has 0 fully saturated rings. The van der Waals surface area contributed by atoms with Gasteiger partial charge in [-0.2, -0.15) is 0 Å². The molecular formula is C31H35ClF3N3O3Si. The summed E-state index contributed by atoms with van der Waals surface area (Å²) in [6.07, 6.45) is 5.19. The lowest BCUT2D eigenvalue weighted by molar-refractivity contribution is 0.245. The first-order valence-electron chi connectivity index (χ1n) is 13.5. The molecule has 2 aromatic heterocycles. The van der Waals surface area contributed by atoms with Gasteiger partial charge in [0.15, 0.2) is 25.8 Å². The number of pyridine rings is 1. The molecule has 1 atom stereocenters. The molecule has 224 valence electrons. The fourth-order valence-corrected chi connectivity index (χ4v) is 5.65. The summed E-state index contributed by atoms with van der Waals surface area (Å²) in [4.78, 5) is 18.2. The summed E-state index contributed by atoms with van der Waals surface area (Å²) >= 11 is 6.50. The van der Waals surface area contributed by atoms with E-state index in [9.17, 15) is 18.0 Å². The molecule has 0 saturated heterocycles. The quantitative estimate of drug-likeness (QED) is 0.143. The topological polar surface area (TPSA) is 58.3 Å². The van der Waals surface area contributed by atoms with Gasteiger partial charge in [0.25, 0.3) is 5.56 Å². The van der Waals surface area contributed by atoms with Crippen molar-refractivity contribution in [3.63, 3.8) is 0 Å². The van der Waals surface area contributed by atoms with Gasteiger partial charge in [-0.25, -0.2) is 18.2 Å². The second-order valence-electron chi connectivity index (χ2n) is 11.9. The van der Waals surface area contributed by atoms with Crippen molar-refractivity contribution in [2.75, 3.05) is 13.7 Å². The standard InChI is InChI=1S/C31H35ClF3N3O3Si/c1-19-15-37(18-36-19)26-9-8-20(11-28(26)40-5)10-22-12-23(32)16-38(30(22)39)27(17-41-42(6,7)31(2,3)4)21-13-24(33)29(35)25(34)14-21/h8-9,11-16,18,27H,10,17H2,1-7H3. The Bertz CT molecular complexity index is 1640. The van der Waals surface area contributed by atoms with Crippen molar-refractivity contribution in [1.82, 2.24) is 14.1 Å². The number of hydrogen-bond acceptors (Lipinski definition) is 4. The third-order valence-corrected chi connectivity index (χ3v) is 12.6. The summed E-state index contributed by atoms with van der Waals surface area (Å²) in [5.74, 6) is -3.69. The average Bonchev–Trinajstić information content (AvgIpc) is 3.34. The highest BCUT2D eigenvalue weighted by Crippen LogP contribution is 2.37. The molecule has 0 aliphatic carbocycles. The van der Waals surface area contributed by atoms with E-state index in [0.29, 0.717) is 11.3 Å². The fraction of sp³-hybridized carbons (Fsp3) is 0.355. The number of benzene rings is 2. The van der Waals surface area contributed by atoms with Crippen molar-refractivity contribution in [3.05, 3.63) is 110 Å². The Morgan fingerprint density at radius 1 is 1.05 bits per heavy atom. The van der Waals surface area contributed by atoms with Crippen LogP contribution in [0.25, 0.3) is 5.69 Å². The number of nitrogens with zero attached hydrogens (tertiary/aromatic N) is 3. The van der Waals surface area contributed by atoms with Crippen LogP contribution in [0, 0.1) is 24.4 Å². The molecule has 0 spiro atoms. The van der Waals surface area contributed by atoms with Crippen molar-refractivity contribution in [2.24, 2.45) is 0 Å². The van der Waals surface area contributed by atoms with Crippen LogP contribution in [-0.4, -0.2) is 36.2 Å². The smallest absolute Gasteiger partial charge is 0.254 e. The van der Waals surface area contributed by atoms with Crippen LogP contribution >= 0.6 is 11.6 Å². The van der Waals surface area contributed by atoms with E-state index in [1.54, 1.807) is 19.5 Å². The molecule has 0 N–H and O–H groups in total. The molecule has 2 aromatic carbocycles. The van der Waals surface area contributed by atoms with Gasteiger partial charge in [0.1, 0.15) is 5.75 Å². The molecule has 4 aromatic rings. The molecule has 0 amide bonds. The van der Waals surface area contributed by atoms with Crippen LogP contribution < -0.4 is 10.3 Å². The largest absolute Gasteiger partial charge is 0.495 e. The first kappa shape index (κ1) is 31.6. The Hall–Kier alpha value is -3.34. The van der Waals surface area contributed by atoms with E-state index < -0.39 is 37.4 Å². The predicted octanol–water partition coefficient (Wildman–Crippen LogP) is 7.62. The second kappa shape index (κ2) is 12.1. The first-order chi connectivity index (χ1) is 19.6. The van der Waals surface area contributed by atoms with Crippen LogP contribution in [-0.2, 0) is 10.8 Å². The summed E-state index contributed by atoms with van der Waals surface area (Å²) in [5, 5.41) is 0.0875. The highest BCUT2D eigenvalue weighted by atomic mass is 35.5. The number of aryl methyl sites for hydroxylation is 1. The zero-order chi connectivity index (χ0) is 31.0. The summed E-state index contributed by atoms with van der Waals surface area (Å²) in [5.41, 5.74) is 2.42. The number of imidazole rings is 1. The molecule has 42 heavy (non-hydrogen) atoms. The minimum absolute atomic E-state index is 0.0575. The maximum absolute atomic E-state index is 14.4. The molecule has 2 heterocycles. The third-order valence-electron chi connectivity index (χ3n) is 7.85. The first-order valence-corrected chi connectivity index (χ1v) is 16.8. The summed E-state index contributed by atoms with van der Waals surface area (Å²) < 4.78 is 57.8. The number of rotatable bonds is 9. The monoisotopic (exact) mass is 617 g/mol. The number of halogens is 4. The number of aromatic nitrogens is 3. The van der Waals surface area contributed by atoms with Gasteiger partial charge in [0.05, 0.1) is 42.5 Å². The van der Waals surface area contributed by atoms with Crippen LogP contribution in [0.4, 0.5) is 13.2 Å². The second-order valence-corrected chi connectivity index (χ2v) is 17.1. The lowest BCUT2D eigenvalue weighted by Crippen LogP contribution is -2.43. The Labute approximate surface area is 249 Å². The molecule has 0 bridgehead atoms. The van der Waals surface area contributed by atoms with Gasteiger partial charge < -0.3 is 18.3 Å². The molecule has 6 nitrogen and oxygen atoms in total. The normalized spacial score (nSPS) is 12.9. The van der Waals surface area contributed by atoms with E-state index in [1.165, 1.54) is 10.8 Å². The van der Waals surface area contributed by atoms with Gasteiger partial charge in [-0.1, -0.05) is 38.4 Å². The van der Waals surface area contributed by atoms with E-state index >= 15 is 0 Å². The van der Waals surface area contributed by atoms with E-state index in [0.717, 1.165) is 29.1 Å². The number of hydrogen-bond donors (Lipinski definition) is 0. The van der Waals surface area contributed by atoms with Crippen LogP contribution in [0.2, 0.25) is 23.2 Å². The molecule has 1 unspecified atom stereocenters. The maximum atomic E-state index is 14.4.